The first-order valence-electron chi connectivity index (χ1n) is 9.81. The summed E-state index contributed by atoms with van der Waals surface area (Å²) in [6.07, 6.45) is 1.16. The van der Waals surface area contributed by atoms with Crippen molar-refractivity contribution in [2.45, 2.75) is 31.6 Å². The quantitative estimate of drug-likeness (QED) is 0.511. The molecule has 30 heavy (non-hydrogen) atoms. The van der Waals surface area contributed by atoms with Gasteiger partial charge in [0.05, 0.1) is 29.4 Å². The second kappa shape index (κ2) is 11.2. The van der Waals surface area contributed by atoms with Gasteiger partial charge < -0.3 is 14.8 Å². The number of carbonyl (C=O) groups is 1. The summed E-state index contributed by atoms with van der Waals surface area (Å²) >= 11 is 6.30. The molecule has 0 saturated heterocycles. The minimum atomic E-state index is -3.37. The van der Waals surface area contributed by atoms with Crippen LogP contribution in [0.4, 0.5) is 0 Å². The highest BCUT2D eigenvalue weighted by Crippen LogP contribution is 2.36. The fourth-order valence-corrected chi connectivity index (χ4v) is 4.30. The number of ether oxygens (including phenoxy) is 2. The lowest BCUT2D eigenvalue weighted by atomic mass is 10.1. The summed E-state index contributed by atoms with van der Waals surface area (Å²) in [6, 6.07) is 11.3. The standard InChI is InChI=1S/C22H28ClNO5S/c1-16(2)10-12-29-21-19(23)14-17(15-20(21)28-3)22(25)24-11-7-13-30(26,27)18-8-5-4-6-9-18/h4-6,8-9,14-16H,7,10-13H2,1-3H3,(H,24,25). The van der Waals surface area contributed by atoms with Crippen LogP contribution in [0.1, 0.15) is 37.0 Å². The zero-order valence-corrected chi connectivity index (χ0v) is 19.1. The highest BCUT2D eigenvalue weighted by atomic mass is 35.5. The number of nitrogens with one attached hydrogen (secondary N) is 1. The maximum atomic E-state index is 12.5. The van der Waals surface area contributed by atoms with Crippen LogP contribution in [0.5, 0.6) is 11.5 Å². The molecule has 164 valence electrons. The van der Waals surface area contributed by atoms with Gasteiger partial charge in [-0.25, -0.2) is 8.42 Å². The van der Waals surface area contributed by atoms with Crippen LogP contribution in [0.15, 0.2) is 47.4 Å². The Labute approximate surface area is 183 Å². The molecule has 0 aromatic heterocycles. The lowest BCUT2D eigenvalue weighted by Crippen LogP contribution is -2.26. The van der Waals surface area contributed by atoms with E-state index < -0.39 is 9.84 Å². The third-order valence-electron chi connectivity index (χ3n) is 4.41. The highest BCUT2D eigenvalue weighted by Gasteiger charge is 2.17. The third-order valence-corrected chi connectivity index (χ3v) is 6.51. The molecule has 1 amide bonds. The molecule has 0 radical (unpaired) electrons. The molecule has 0 unspecified atom stereocenters. The first-order chi connectivity index (χ1) is 14.2. The normalized spacial score (nSPS) is 11.4. The van der Waals surface area contributed by atoms with Gasteiger partial charge in [0.25, 0.3) is 5.91 Å². The largest absolute Gasteiger partial charge is 0.493 e. The van der Waals surface area contributed by atoms with Crippen molar-refractivity contribution < 1.29 is 22.7 Å². The maximum Gasteiger partial charge on any atom is 0.251 e. The van der Waals surface area contributed by atoms with Crippen LogP contribution in [-0.4, -0.2) is 40.3 Å². The number of halogens is 1. The van der Waals surface area contributed by atoms with Crippen molar-refractivity contribution in [1.29, 1.82) is 0 Å². The average Bonchev–Trinajstić information content (AvgIpc) is 2.72. The first-order valence-corrected chi connectivity index (χ1v) is 11.8. The smallest absolute Gasteiger partial charge is 0.251 e. The SMILES string of the molecule is COc1cc(C(=O)NCCCS(=O)(=O)c2ccccc2)cc(Cl)c1OCCC(C)C. The van der Waals surface area contributed by atoms with E-state index in [4.69, 9.17) is 21.1 Å². The van der Waals surface area contributed by atoms with Crippen LogP contribution in [0, 0.1) is 5.92 Å². The summed E-state index contributed by atoms with van der Waals surface area (Å²) in [6.45, 7) is 4.91. The zero-order valence-electron chi connectivity index (χ0n) is 17.5. The number of hydrogen-bond donors (Lipinski definition) is 1. The molecule has 2 aromatic rings. The average molecular weight is 454 g/mol. The van der Waals surface area contributed by atoms with Gasteiger partial charge in [0, 0.05) is 12.1 Å². The molecule has 0 heterocycles. The highest BCUT2D eigenvalue weighted by molar-refractivity contribution is 7.91. The van der Waals surface area contributed by atoms with Crippen molar-refractivity contribution in [1.82, 2.24) is 5.32 Å². The summed E-state index contributed by atoms with van der Waals surface area (Å²) in [5, 5.41) is 3.01. The second-order valence-electron chi connectivity index (χ2n) is 7.26. The lowest BCUT2D eigenvalue weighted by molar-refractivity contribution is 0.0953. The van der Waals surface area contributed by atoms with Crippen molar-refractivity contribution in [3.8, 4) is 11.5 Å². The molecule has 0 aliphatic rings. The Bertz CT molecular complexity index is 946. The van der Waals surface area contributed by atoms with Crippen LogP contribution in [-0.2, 0) is 9.84 Å². The molecule has 0 aliphatic carbocycles. The molecular formula is C22H28ClNO5S. The van der Waals surface area contributed by atoms with Crippen LogP contribution >= 0.6 is 11.6 Å². The number of methoxy groups -OCH3 is 1. The Hall–Kier alpha value is -2.25. The van der Waals surface area contributed by atoms with E-state index in [1.54, 1.807) is 36.4 Å². The summed E-state index contributed by atoms with van der Waals surface area (Å²) in [7, 11) is -1.89. The molecule has 0 saturated carbocycles. The number of carbonyl (C=O) groups excluding carboxylic acids is 1. The number of rotatable bonds is 11. The maximum absolute atomic E-state index is 12.5. The van der Waals surface area contributed by atoms with E-state index >= 15 is 0 Å². The molecule has 0 atom stereocenters. The molecule has 6 nitrogen and oxygen atoms in total. The summed E-state index contributed by atoms with van der Waals surface area (Å²) in [5.41, 5.74) is 0.318. The van der Waals surface area contributed by atoms with Gasteiger partial charge in [-0.1, -0.05) is 43.6 Å². The monoisotopic (exact) mass is 453 g/mol. The van der Waals surface area contributed by atoms with Crippen LogP contribution < -0.4 is 14.8 Å². The van der Waals surface area contributed by atoms with Gasteiger partial charge in [0.1, 0.15) is 0 Å². The Kier molecular flexibility index (Phi) is 8.99. The van der Waals surface area contributed by atoms with Crippen molar-refractivity contribution in [2.75, 3.05) is 26.0 Å². The first kappa shape index (κ1) is 24.0. The fourth-order valence-electron chi connectivity index (χ4n) is 2.70. The van der Waals surface area contributed by atoms with Gasteiger partial charge in [-0.2, -0.15) is 0 Å². The van der Waals surface area contributed by atoms with Crippen LogP contribution in [0.2, 0.25) is 5.02 Å². The summed E-state index contributed by atoms with van der Waals surface area (Å²) in [5.74, 6) is 0.865. The number of amides is 1. The van der Waals surface area contributed by atoms with Crippen LogP contribution in [0.3, 0.4) is 0 Å². The fraction of sp³-hybridized carbons (Fsp3) is 0.409. The predicted octanol–water partition coefficient (Wildman–Crippen LogP) is 4.37. The second-order valence-corrected chi connectivity index (χ2v) is 9.78. The van der Waals surface area contributed by atoms with E-state index in [0.29, 0.717) is 36.0 Å². The van der Waals surface area contributed by atoms with Gasteiger partial charge in [-0.05, 0) is 43.0 Å². The zero-order chi connectivity index (χ0) is 22.1. The molecule has 8 heteroatoms. The van der Waals surface area contributed by atoms with E-state index in [0.717, 1.165) is 6.42 Å². The minimum Gasteiger partial charge on any atom is -0.493 e. The summed E-state index contributed by atoms with van der Waals surface area (Å²) in [4.78, 5) is 12.7. The lowest BCUT2D eigenvalue weighted by Gasteiger charge is -2.15. The molecular weight excluding hydrogens is 426 g/mol. The van der Waals surface area contributed by atoms with Crippen molar-refractivity contribution in [3.05, 3.63) is 53.1 Å². The molecule has 0 aliphatic heterocycles. The van der Waals surface area contributed by atoms with Crippen molar-refractivity contribution in [2.24, 2.45) is 5.92 Å². The van der Waals surface area contributed by atoms with Gasteiger partial charge in [-0.15, -0.1) is 0 Å². The van der Waals surface area contributed by atoms with Gasteiger partial charge in [0.2, 0.25) is 0 Å². The van der Waals surface area contributed by atoms with Gasteiger partial charge >= 0.3 is 0 Å². The Morgan fingerprint density at radius 2 is 1.87 bits per heavy atom. The third kappa shape index (κ3) is 6.92. The molecule has 0 bridgehead atoms. The Morgan fingerprint density at radius 1 is 1.17 bits per heavy atom. The van der Waals surface area contributed by atoms with Gasteiger partial charge in [0.15, 0.2) is 21.3 Å². The molecule has 2 aromatic carbocycles. The van der Waals surface area contributed by atoms with E-state index in [1.807, 2.05) is 0 Å². The number of sulfone groups is 1. The molecule has 1 N–H and O–H groups in total. The summed E-state index contributed by atoms with van der Waals surface area (Å²) < 4.78 is 35.6. The Morgan fingerprint density at radius 3 is 2.50 bits per heavy atom. The Balaban J connectivity index is 1.94. The van der Waals surface area contributed by atoms with Crippen molar-refractivity contribution >= 4 is 27.3 Å². The number of benzene rings is 2. The number of hydrogen-bond acceptors (Lipinski definition) is 5. The van der Waals surface area contributed by atoms with Crippen LogP contribution in [0.25, 0.3) is 0 Å². The predicted molar refractivity (Wildman–Crippen MR) is 118 cm³/mol. The molecule has 0 spiro atoms. The van der Waals surface area contributed by atoms with E-state index in [2.05, 4.69) is 19.2 Å². The van der Waals surface area contributed by atoms with E-state index in [9.17, 15) is 13.2 Å². The molecule has 2 rings (SSSR count). The topological polar surface area (TPSA) is 81.7 Å². The van der Waals surface area contributed by atoms with E-state index in [-0.39, 0.29) is 28.1 Å². The van der Waals surface area contributed by atoms with Crippen molar-refractivity contribution in [3.63, 3.8) is 0 Å². The van der Waals surface area contributed by atoms with E-state index in [1.165, 1.54) is 13.2 Å². The van der Waals surface area contributed by atoms with Gasteiger partial charge in [-0.3, -0.25) is 4.79 Å². The minimum absolute atomic E-state index is 0.0516. The molecule has 0 fully saturated rings.